The molecule has 2 aromatic heterocycles. The van der Waals surface area contributed by atoms with Crippen molar-refractivity contribution in [2.75, 3.05) is 56.2 Å². The number of nitro groups is 1. The number of halogens is 1. The third-order valence-electron chi connectivity index (χ3n) is 12.1. The quantitative estimate of drug-likeness (QED) is 0.0456. The maximum absolute atomic E-state index is 13.9. The van der Waals surface area contributed by atoms with E-state index in [2.05, 4.69) is 55.8 Å². The van der Waals surface area contributed by atoms with Crippen LogP contribution in [0.4, 0.5) is 17.1 Å². The average Bonchev–Trinajstić information content (AvgIpc) is 3.73. The number of pyridine rings is 1. The maximum atomic E-state index is 13.9. The molecule has 1 aliphatic carbocycles. The van der Waals surface area contributed by atoms with E-state index < -0.39 is 16.2 Å². The Morgan fingerprint density at radius 2 is 1.84 bits per heavy atom. The van der Waals surface area contributed by atoms with Gasteiger partial charge in [-0.05, 0) is 120 Å². The highest BCUT2D eigenvalue weighted by Crippen LogP contribution is 2.46. The van der Waals surface area contributed by atoms with Crippen molar-refractivity contribution in [1.82, 2.24) is 19.6 Å². The molecule has 2 aliphatic heterocycles. The summed E-state index contributed by atoms with van der Waals surface area (Å²) in [5.41, 5.74) is 5.72. The number of carbonyl (C=O) groups is 1. The number of ether oxygens (including phenoxy) is 2. The van der Waals surface area contributed by atoms with Crippen molar-refractivity contribution in [3.8, 4) is 11.5 Å². The zero-order chi connectivity index (χ0) is 42.7. The number of nitro benzene ring substituents is 1. The summed E-state index contributed by atoms with van der Waals surface area (Å²) in [6, 6.07) is 22.1. The topological polar surface area (TPSA) is 138 Å². The number of allylic oxidation sites excluding steroid dienone is 1. The van der Waals surface area contributed by atoms with Gasteiger partial charge in [0.2, 0.25) is 0 Å². The number of piperazine rings is 1. The second kappa shape index (κ2) is 18.2. The summed E-state index contributed by atoms with van der Waals surface area (Å²) in [6.45, 7) is 9.11. The number of hydrogen-bond donors (Lipinski definition) is 3. The number of hydrogen-bond acceptors (Lipinski definition) is 10. The van der Waals surface area contributed by atoms with Crippen LogP contribution in [-0.2, 0) is 4.74 Å². The molecule has 16 heteroatoms. The van der Waals surface area contributed by atoms with Crippen LogP contribution in [-0.4, -0.2) is 92.7 Å². The van der Waals surface area contributed by atoms with Crippen LogP contribution in [0.5, 0.6) is 11.5 Å². The monoisotopic (exact) mass is 855 g/mol. The van der Waals surface area contributed by atoms with Crippen molar-refractivity contribution in [2.45, 2.75) is 56.2 Å². The molecular weight excluding hydrogens is 808 g/mol. The third kappa shape index (κ3) is 9.91. The van der Waals surface area contributed by atoms with Crippen LogP contribution >= 0.6 is 23.5 Å². The lowest BCUT2D eigenvalue weighted by Crippen LogP contribution is -2.59. The van der Waals surface area contributed by atoms with Crippen molar-refractivity contribution in [3.63, 3.8) is 0 Å². The van der Waals surface area contributed by atoms with Crippen molar-refractivity contribution in [3.05, 3.63) is 117 Å². The number of anilines is 2. The summed E-state index contributed by atoms with van der Waals surface area (Å²) < 4.78 is 14.7. The summed E-state index contributed by atoms with van der Waals surface area (Å²) in [6.07, 6.45) is 7.90. The number of benzene rings is 3. The Labute approximate surface area is 368 Å². The number of rotatable bonds is 13. The second-order valence-electron chi connectivity index (χ2n) is 16.9. The summed E-state index contributed by atoms with van der Waals surface area (Å²) in [5, 5.41) is 15.7. The number of H-pyrrole nitrogens is 1. The number of nitrogens with one attached hydrogen (secondary N) is 3. The number of carbonyl (C=O) groups excluding carboxylic acids is 1. The van der Waals surface area contributed by atoms with Crippen molar-refractivity contribution >= 4 is 78.8 Å². The van der Waals surface area contributed by atoms with Gasteiger partial charge in [0.15, 0.2) is 0 Å². The molecule has 8 rings (SSSR count). The molecule has 0 saturated carbocycles. The van der Waals surface area contributed by atoms with E-state index in [0.717, 1.165) is 71.9 Å². The Morgan fingerprint density at radius 1 is 1.07 bits per heavy atom. The Morgan fingerprint density at radius 3 is 2.59 bits per heavy atom. The van der Waals surface area contributed by atoms with Crippen LogP contribution in [0, 0.1) is 21.4 Å². The van der Waals surface area contributed by atoms with Crippen LogP contribution in [0.15, 0.2) is 95.7 Å². The molecule has 4 radical (unpaired) electrons. The first kappa shape index (κ1) is 42.7. The fourth-order valence-electron chi connectivity index (χ4n) is 8.51. The normalized spacial score (nSPS) is 17.7. The minimum absolute atomic E-state index is 0.0599. The molecule has 0 bridgehead atoms. The minimum Gasteiger partial charge on any atom is -0.455 e. The van der Waals surface area contributed by atoms with Gasteiger partial charge in [-0.2, -0.15) is 0 Å². The molecule has 3 aromatic carbocycles. The van der Waals surface area contributed by atoms with Gasteiger partial charge in [-0.15, -0.1) is 0 Å². The highest BCUT2D eigenvalue weighted by Gasteiger charge is 2.38. The minimum atomic E-state index is -1.14. The van der Waals surface area contributed by atoms with Gasteiger partial charge in [-0.1, -0.05) is 43.2 Å². The summed E-state index contributed by atoms with van der Waals surface area (Å²) in [7, 11) is 14.2. The highest BCUT2D eigenvalue weighted by molar-refractivity contribution is 7.98. The van der Waals surface area contributed by atoms with Crippen LogP contribution in [0.1, 0.15) is 61.9 Å². The highest BCUT2D eigenvalue weighted by atomic mass is 35.5. The van der Waals surface area contributed by atoms with Gasteiger partial charge < -0.3 is 29.6 Å². The van der Waals surface area contributed by atoms with E-state index in [0.29, 0.717) is 79.0 Å². The number of amides is 1. The number of aromatic amines is 1. The zero-order valence-electron chi connectivity index (χ0n) is 34.4. The van der Waals surface area contributed by atoms with Crippen molar-refractivity contribution in [2.24, 2.45) is 11.3 Å². The molecule has 0 unspecified atom stereocenters. The fourth-order valence-corrected chi connectivity index (χ4v) is 9.26. The van der Waals surface area contributed by atoms with Gasteiger partial charge in [0.1, 0.15) is 22.8 Å². The number of nitrogens with zero attached hydrogens (tertiary/aromatic N) is 4. The molecule has 12 nitrogen and oxygen atoms in total. The first-order chi connectivity index (χ1) is 29.3. The van der Waals surface area contributed by atoms with Crippen molar-refractivity contribution < 1.29 is 19.2 Å². The van der Waals surface area contributed by atoms with Gasteiger partial charge in [0, 0.05) is 85.3 Å². The molecule has 1 amide bonds. The van der Waals surface area contributed by atoms with E-state index in [9.17, 15) is 14.9 Å². The van der Waals surface area contributed by atoms with E-state index in [4.69, 9.17) is 36.8 Å². The lowest BCUT2D eigenvalue weighted by Gasteiger charge is -2.50. The third-order valence-corrected chi connectivity index (χ3v) is 13.1. The number of aromatic nitrogens is 2. The van der Waals surface area contributed by atoms with E-state index in [1.54, 1.807) is 30.6 Å². The van der Waals surface area contributed by atoms with Crippen LogP contribution < -0.4 is 19.7 Å². The Kier molecular flexibility index (Phi) is 12.7. The van der Waals surface area contributed by atoms with Gasteiger partial charge in [0.25, 0.3) is 11.6 Å². The SMILES string of the molecule is [B]C([B])(C1=C(c2ccc(Cl)cc2)CC(C)(C)CC1)N1CCN(c2ccc(C(=O)NSc3ccc(NCC4CCOCC4)c([N+](=O)[O-])c3)c(Oc3cnc4[nH]ccc4c3)c2)CC1. The summed E-state index contributed by atoms with van der Waals surface area (Å²) >= 11 is 7.26. The molecule has 61 heavy (non-hydrogen) atoms. The zero-order valence-corrected chi connectivity index (χ0v) is 36.0. The molecular formula is C45H48B2ClN7O5S. The molecule has 3 N–H and O–H groups in total. The lowest BCUT2D eigenvalue weighted by molar-refractivity contribution is -0.384. The molecule has 0 atom stereocenters. The molecule has 3 aliphatic rings. The van der Waals surface area contributed by atoms with Gasteiger partial charge >= 0.3 is 0 Å². The Balaban J connectivity index is 0.993. The first-order valence-corrected chi connectivity index (χ1v) is 21.9. The smallest absolute Gasteiger partial charge is 0.293 e. The van der Waals surface area contributed by atoms with Crippen LogP contribution in [0.25, 0.3) is 16.6 Å². The summed E-state index contributed by atoms with van der Waals surface area (Å²) in [4.78, 5) is 38.0. The van der Waals surface area contributed by atoms with Gasteiger partial charge in [0.05, 0.1) is 32.4 Å². The fraction of sp³-hybridized carbons (Fsp3) is 0.378. The average molecular weight is 856 g/mol. The maximum Gasteiger partial charge on any atom is 0.293 e. The van der Waals surface area contributed by atoms with E-state index in [1.165, 1.54) is 11.6 Å². The van der Waals surface area contributed by atoms with E-state index in [1.807, 2.05) is 36.4 Å². The Hall–Kier alpha value is -4.95. The molecule has 4 heterocycles. The molecule has 312 valence electrons. The predicted octanol–water partition coefficient (Wildman–Crippen LogP) is 8.97. The first-order valence-electron chi connectivity index (χ1n) is 20.7. The second-order valence-corrected chi connectivity index (χ2v) is 18.2. The lowest BCUT2D eigenvalue weighted by atomic mass is 9.52. The van der Waals surface area contributed by atoms with E-state index in [-0.39, 0.29) is 16.7 Å². The largest absolute Gasteiger partial charge is 0.455 e. The van der Waals surface area contributed by atoms with Crippen molar-refractivity contribution in [1.29, 1.82) is 0 Å². The van der Waals surface area contributed by atoms with Crippen LogP contribution in [0.2, 0.25) is 5.02 Å². The molecule has 0 spiro atoms. The summed E-state index contributed by atoms with van der Waals surface area (Å²) in [5.74, 6) is 0.765. The van der Waals surface area contributed by atoms with Gasteiger partial charge in [-0.25, -0.2) is 4.98 Å². The predicted molar refractivity (Wildman–Crippen MR) is 245 cm³/mol. The molecule has 5 aromatic rings. The van der Waals surface area contributed by atoms with E-state index >= 15 is 0 Å². The van der Waals surface area contributed by atoms with Crippen LogP contribution in [0.3, 0.4) is 0 Å². The molecule has 2 fully saturated rings. The molecule has 2 saturated heterocycles. The van der Waals surface area contributed by atoms with Gasteiger partial charge in [-0.3, -0.25) is 19.6 Å². The Bertz CT molecular complexity index is 2430. The standard InChI is InChI=1S/C45H48B2ClN7O5S/c1-44(2)15-11-38(37(26-44)30-3-5-32(48)6-4-30)45(46,47)54-19-17-53(18-20-54)33-7-9-36(41(24-33)60-34-23-31-12-16-49-42(31)51-28-34)43(56)52-61-35-8-10-39(40(25-35)55(57)58)50-27-29-13-21-59-22-14-29/h3-10,12,16,23-25,28-29,50H,11,13-15,17-22,26-27H2,1-2H3,(H,49,51)(H,52,56). The number of fused-ring (bicyclic) bond motifs is 1.